The average molecular weight is 265 g/mol. The number of H-pyrrole nitrogens is 1. The fourth-order valence-electron chi connectivity index (χ4n) is 1.53. The van der Waals surface area contributed by atoms with E-state index in [0.29, 0.717) is 16.5 Å². The smallest absolute Gasteiger partial charge is 0.308 e. The number of aromatic amines is 1. The number of nitrogens with one attached hydrogen (secondary N) is 3. The van der Waals surface area contributed by atoms with Crippen LogP contribution >= 0.6 is 11.6 Å². The number of benzene rings is 1. The predicted octanol–water partition coefficient (Wildman–Crippen LogP) is 3.27. The lowest BCUT2D eigenvalue weighted by molar-refractivity contribution is 0.262. The lowest BCUT2D eigenvalue weighted by Gasteiger charge is -2.07. The first kappa shape index (κ1) is 12.4. The van der Waals surface area contributed by atoms with Crippen molar-refractivity contribution in [3.63, 3.8) is 0 Å². The molecule has 2 rings (SSSR count). The van der Waals surface area contributed by atoms with Crippen molar-refractivity contribution in [3.05, 3.63) is 41.0 Å². The minimum Gasteiger partial charge on any atom is -0.308 e. The molecule has 0 saturated carbocycles. The third-order valence-corrected chi connectivity index (χ3v) is 2.65. The average Bonchev–Trinajstić information content (AvgIpc) is 2.76. The molecule has 1 aromatic heterocycles. The molecule has 5 nitrogen and oxygen atoms in total. The van der Waals surface area contributed by atoms with Crippen LogP contribution in [0.2, 0.25) is 5.02 Å². The van der Waals surface area contributed by atoms with Gasteiger partial charge in [-0.2, -0.15) is 5.10 Å². The molecule has 0 unspecified atom stereocenters. The van der Waals surface area contributed by atoms with Crippen molar-refractivity contribution >= 4 is 29.1 Å². The fourth-order valence-corrected chi connectivity index (χ4v) is 1.72. The molecular weight excluding hydrogens is 252 g/mol. The molecule has 6 heteroatoms. The van der Waals surface area contributed by atoms with Crippen LogP contribution in [0.5, 0.6) is 0 Å². The van der Waals surface area contributed by atoms with E-state index in [9.17, 15) is 4.79 Å². The number of hydrogen-bond acceptors (Lipinski definition) is 2. The highest BCUT2D eigenvalue weighted by molar-refractivity contribution is 6.30. The SMILES string of the molecule is CCc1cn[nH]c1NC(=O)Nc1cccc(Cl)c1. The summed E-state index contributed by atoms with van der Waals surface area (Å²) in [5, 5.41) is 12.6. The standard InChI is InChI=1S/C12H13ClN4O/c1-2-8-7-14-17-11(8)16-12(18)15-10-5-3-4-9(13)6-10/h3-7H,2H2,1H3,(H3,14,15,16,17,18). The number of nitrogens with zero attached hydrogens (tertiary/aromatic N) is 1. The first-order chi connectivity index (χ1) is 8.69. The Labute approximate surface area is 110 Å². The zero-order valence-electron chi connectivity index (χ0n) is 9.83. The Morgan fingerprint density at radius 1 is 1.44 bits per heavy atom. The molecule has 0 aliphatic carbocycles. The summed E-state index contributed by atoms with van der Waals surface area (Å²) in [6.07, 6.45) is 2.48. The maximum atomic E-state index is 11.7. The van der Waals surface area contributed by atoms with Crippen molar-refractivity contribution in [2.24, 2.45) is 0 Å². The molecule has 2 aromatic rings. The van der Waals surface area contributed by atoms with Gasteiger partial charge in [-0.05, 0) is 24.6 Å². The van der Waals surface area contributed by atoms with Gasteiger partial charge < -0.3 is 5.32 Å². The summed E-state index contributed by atoms with van der Waals surface area (Å²) in [7, 11) is 0. The Morgan fingerprint density at radius 2 is 2.28 bits per heavy atom. The van der Waals surface area contributed by atoms with Crippen LogP contribution in [-0.4, -0.2) is 16.2 Å². The Kier molecular flexibility index (Phi) is 3.84. The van der Waals surface area contributed by atoms with Gasteiger partial charge in [0.2, 0.25) is 0 Å². The maximum Gasteiger partial charge on any atom is 0.324 e. The molecule has 0 saturated heterocycles. The van der Waals surface area contributed by atoms with E-state index in [1.165, 1.54) is 0 Å². The zero-order valence-corrected chi connectivity index (χ0v) is 10.6. The Bertz CT molecular complexity index is 553. The van der Waals surface area contributed by atoms with Crippen molar-refractivity contribution < 1.29 is 4.79 Å². The van der Waals surface area contributed by atoms with Gasteiger partial charge in [-0.15, -0.1) is 0 Å². The van der Waals surface area contributed by atoms with Gasteiger partial charge in [-0.1, -0.05) is 24.6 Å². The van der Waals surface area contributed by atoms with Gasteiger partial charge in [0.25, 0.3) is 0 Å². The van der Waals surface area contributed by atoms with Crippen LogP contribution in [0.1, 0.15) is 12.5 Å². The predicted molar refractivity (Wildman–Crippen MR) is 72.1 cm³/mol. The van der Waals surface area contributed by atoms with E-state index >= 15 is 0 Å². The summed E-state index contributed by atoms with van der Waals surface area (Å²) in [5.74, 6) is 0.608. The molecule has 2 amide bonds. The maximum absolute atomic E-state index is 11.7. The van der Waals surface area contributed by atoms with Crippen LogP contribution in [0.15, 0.2) is 30.5 Å². The molecule has 3 N–H and O–H groups in total. The van der Waals surface area contributed by atoms with Crippen molar-refractivity contribution in [2.75, 3.05) is 10.6 Å². The molecular formula is C12H13ClN4O. The lowest BCUT2D eigenvalue weighted by atomic mass is 10.2. The largest absolute Gasteiger partial charge is 0.324 e. The number of aromatic nitrogens is 2. The fraction of sp³-hybridized carbons (Fsp3) is 0.167. The molecule has 0 radical (unpaired) electrons. The van der Waals surface area contributed by atoms with Gasteiger partial charge >= 0.3 is 6.03 Å². The highest BCUT2D eigenvalue weighted by Crippen LogP contribution is 2.16. The highest BCUT2D eigenvalue weighted by Gasteiger charge is 2.07. The van der Waals surface area contributed by atoms with E-state index in [-0.39, 0.29) is 6.03 Å². The Morgan fingerprint density at radius 3 is 3.00 bits per heavy atom. The van der Waals surface area contributed by atoms with E-state index in [4.69, 9.17) is 11.6 Å². The second-order valence-electron chi connectivity index (χ2n) is 3.71. The minimum atomic E-state index is -0.337. The summed E-state index contributed by atoms with van der Waals surface area (Å²) >= 11 is 5.83. The van der Waals surface area contributed by atoms with Gasteiger partial charge in [0.1, 0.15) is 5.82 Å². The quantitative estimate of drug-likeness (QED) is 0.796. The molecule has 94 valence electrons. The molecule has 1 aromatic carbocycles. The van der Waals surface area contributed by atoms with Crippen LogP contribution in [-0.2, 0) is 6.42 Å². The number of rotatable bonds is 3. The van der Waals surface area contributed by atoms with Crippen molar-refractivity contribution in [1.29, 1.82) is 0 Å². The van der Waals surface area contributed by atoms with Gasteiger partial charge in [-0.25, -0.2) is 4.79 Å². The Balaban J connectivity index is 2.01. The number of hydrogen-bond donors (Lipinski definition) is 3. The van der Waals surface area contributed by atoms with E-state index in [2.05, 4.69) is 20.8 Å². The summed E-state index contributed by atoms with van der Waals surface area (Å²) in [6, 6.07) is 6.62. The zero-order chi connectivity index (χ0) is 13.0. The second-order valence-corrected chi connectivity index (χ2v) is 4.15. The number of urea groups is 1. The van der Waals surface area contributed by atoms with Crippen LogP contribution in [0.3, 0.4) is 0 Å². The van der Waals surface area contributed by atoms with Crippen molar-refractivity contribution in [1.82, 2.24) is 10.2 Å². The van der Waals surface area contributed by atoms with E-state index in [1.807, 2.05) is 6.92 Å². The molecule has 1 heterocycles. The molecule has 18 heavy (non-hydrogen) atoms. The molecule has 0 atom stereocenters. The van der Waals surface area contributed by atoms with E-state index < -0.39 is 0 Å². The summed E-state index contributed by atoms with van der Waals surface area (Å²) < 4.78 is 0. The van der Waals surface area contributed by atoms with Crippen LogP contribution in [0, 0.1) is 0 Å². The van der Waals surface area contributed by atoms with Gasteiger partial charge in [-0.3, -0.25) is 10.4 Å². The number of halogens is 1. The Hall–Kier alpha value is -2.01. The number of aryl methyl sites for hydroxylation is 1. The molecule has 0 aliphatic heterocycles. The van der Waals surface area contributed by atoms with E-state index in [0.717, 1.165) is 12.0 Å². The van der Waals surface area contributed by atoms with Gasteiger partial charge in [0.05, 0.1) is 6.20 Å². The van der Waals surface area contributed by atoms with Gasteiger partial charge in [0, 0.05) is 16.3 Å². The number of carbonyl (C=O) groups excluding carboxylic acids is 1. The molecule has 0 spiro atoms. The monoisotopic (exact) mass is 264 g/mol. The number of amides is 2. The van der Waals surface area contributed by atoms with Crippen molar-refractivity contribution in [2.45, 2.75) is 13.3 Å². The lowest BCUT2D eigenvalue weighted by Crippen LogP contribution is -2.20. The van der Waals surface area contributed by atoms with Crippen LogP contribution < -0.4 is 10.6 Å². The summed E-state index contributed by atoms with van der Waals surface area (Å²) in [5.41, 5.74) is 1.59. The first-order valence-electron chi connectivity index (χ1n) is 5.55. The number of carbonyl (C=O) groups is 1. The third-order valence-electron chi connectivity index (χ3n) is 2.42. The second kappa shape index (κ2) is 5.55. The van der Waals surface area contributed by atoms with E-state index in [1.54, 1.807) is 30.5 Å². The third kappa shape index (κ3) is 3.01. The molecule has 0 fully saturated rings. The normalized spacial score (nSPS) is 10.1. The topological polar surface area (TPSA) is 69.8 Å². The highest BCUT2D eigenvalue weighted by atomic mass is 35.5. The van der Waals surface area contributed by atoms with Crippen LogP contribution in [0.4, 0.5) is 16.3 Å². The molecule has 0 bridgehead atoms. The van der Waals surface area contributed by atoms with Gasteiger partial charge in [0.15, 0.2) is 0 Å². The first-order valence-corrected chi connectivity index (χ1v) is 5.92. The number of anilines is 2. The minimum absolute atomic E-state index is 0.337. The summed E-state index contributed by atoms with van der Waals surface area (Å²) in [4.78, 5) is 11.7. The van der Waals surface area contributed by atoms with Crippen LogP contribution in [0.25, 0.3) is 0 Å². The summed E-state index contributed by atoms with van der Waals surface area (Å²) in [6.45, 7) is 1.99. The van der Waals surface area contributed by atoms with Crippen molar-refractivity contribution in [3.8, 4) is 0 Å². The molecule has 0 aliphatic rings.